The van der Waals surface area contributed by atoms with Gasteiger partial charge in [-0.2, -0.15) is 0 Å². The van der Waals surface area contributed by atoms with Crippen molar-refractivity contribution in [3.63, 3.8) is 0 Å². The number of hydrogen-bond acceptors (Lipinski definition) is 4. The maximum absolute atomic E-state index is 9.46. The van der Waals surface area contributed by atoms with Crippen LogP contribution in [-0.2, 0) is 0 Å². The second-order valence-corrected chi connectivity index (χ2v) is 6.84. The minimum atomic E-state index is 0.495. The molecule has 0 saturated heterocycles. The van der Waals surface area contributed by atoms with Gasteiger partial charge in [0.25, 0.3) is 0 Å². The van der Waals surface area contributed by atoms with Crippen molar-refractivity contribution in [2.45, 2.75) is 13.8 Å². The van der Waals surface area contributed by atoms with Crippen LogP contribution in [0.4, 0.5) is 11.4 Å². The molecule has 5 heteroatoms. The molecule has 122 valence electrons. The monoisotopic (exact) mass is 356 g/mol. The zero-order chi connectivity index (χ0) is 17.1. The lowest BCUT2D eigenvalue weighted by Crippen LogP contribution is -2.04. The molecular formula is C19H17ClN2OS. The summed E-state index contributed by atoms with van der Waals surface area (Å²) in [6, 6.07) is 15.7. The van der Waals surface area contributed by atoms with Gasteiger partial charge in [-0.3, -0.25) is 0 Å². The smallest absolute Gasteiger partial charge is 0.128 e. The lowest BCUT2D eigenvalue weighted by Gasteiger charge is -2.12. The molecule has 0 aliphatic rings. The van der Waals surface area contributed by atoms with E-state index in [0.717, 1.165) is 27.4 Å². The average molecular weight is 357 g/mol. The van der Waals surface area contributed by atoms with Crippen LogP contribution in [0.15, 0.2) is 59.1 Å². The Morgan fingerprint density at radius 2 is 1.88 bits per heavy atom. The fourth-order valence-corrected chi connectivity index (χ4v) is 3.69. The van der Waals surface area contributed by atoms with Crippen LogP contribution in [0.1, 0.15) is 21.6 Å². The quantitative estimate of drug-likeness (QED) is 0.342. The first kappa shape index (κ1) is 16.6. The number of anilines is 2. The van der Waals surface area contributed by atoms with Crippen molar-refractivity contribution in [3.8, 4) is 0 Å². The first-order chi connectivity index (χ1) is 11.6. The highest BCUT2D eigenvalue weighted by atomic mass is 35.5. The van der Waals surface area contributed by atoms with Gasteiger partial charge in [-0.25, -0.2) is 0 Å². The van der Waals surface area contributed by atoms with Gasteiger partial charge in [0.2, 0.25) is 0 Å². The lowest BCUT2D eigenvalue weighted by atomic mass is 10.1. The summed E-state index contributed by atoms with van der Waals surface area (Å²) in [5.41, 5.74) is 5.34. The number of benzene rings is 2. The van der Waals surface area contributed by atoms with Crippen molar-refractivity contribution in [2.75, 3.05) is 5.32 Å². The summed E-state index contributed by atoms with van der Waals surface area (Å²) in [5.74, 6) is 0. The normalized spacial score (nSPS) is 11.5. The Balaban J connectivity index is 1.93. The molecule has 0 amide bonds. The van der Waals surface area contributed by atoms with E-state index in [1.54, 1.807) is 0 Å². The second-order valence-electron chi connectivity index (χ2n) is 5.52. The van der Waals surface area contributed by atoms with Gasteiger partial charge in [-0.05, 0) is 60.7 Å². The summed E-state index contributed by atoms with van der Waals surface area (Å²) in [7, 11) is 0. The molecule has 0 fully saturated rings. The highest BCUT2D eigenvalue weighted by Gasteiger charge is 2.15. The van der Waals surface area contributed by atoms with E-state index in [0.29, 0.717) is 16.3 Å². The Labute approximate surface area is 150 Å². The number of oxime groups is 1. The number of nitrogens with zero attached hydrogens (tertiary/aromatic N) is 1. The van der Waals surface area contributed by atoms with Gasteiger partial charge >= 0.3 is 0 Å². The van der Waals surface area contributed by atoms with Crippen LogP contribution < -0.4 is 5.32 Å². The average Bonchev–Trinajstić information content (AvgIpc) is 2.98. The third kappa shape index (κ3) is 3.30. The molecule has 0 aliphatic carbocycles. The molecule has 3 aromatic rings. The van der Waals surface area contributed by atoms with E-state index in [1.165, 1.54) is 11.3 Å². The zero-order valence-electron chi connectivity index (χ0n) is 13.4. The Morgan fingerprint density at radius 1 is 1.08 bits per heavy atom. The third-order valence-electron chi connectivity index (χ3n) is 3.83. The molecule has 0 bridgehead atoms. The topological polar surface area (TPSA) is 44.6 Å². The highest BCUT2D eigenvalue weighted by molar-refractivity contribution is 7.12. The number of aryl methyl sites for hydroxylation is 2. The van der Waals surface area contributed by atoms with E-state index in [4.69, 9.17) is 11.6 Å². The minimum Gasteiger partial charge on any atom is -0.410 e. The summed E-state index contributed by atoms with van der Waals surface area (Å²) in [6.45, 7) is 4.04. The van der Waals surface area contributed by atoms with E-state index in [2.05, 4.69) is 23.5 Å². The molecule has 3 rings (SSSR count). The van der Waals surface area contributed by atoms with Crippen molar-refractivity contribution in [2.24, 2.45) is 5.16 Å². The van der Waals surface area contributed by atoms with Crippen LogP contribution in [0.3, 0.4) is 0 Å². The molecule has 2 N–H and O–H groups in total. The van der Waals surface area contributed by atoms with Gasteiger partial charge in [0.1, 0.15) is 5.71 Å². The van der Waals surface area contributed by atoms with E-state index >= 15 is 0 Å². The molecule has 0 atom stereocenters. The second kappa shape index (κ2) is 7.07. The standard InChI is InChI=1S/C19H17ClN2OS/c1-12-5-3-4-6-17(12)21-14-7-8-15(16(20)11-14)18(22-23)19-13(2)9-10-24-19/h3-11,21,23H,1-2H3. The van der Waals surface area contributed by atoms with Gasteiger partial charge < -0.3 is 10.5 Å². The molecule has 0 unspecified atom stereocenters. The number of hydrogen-bond donors (Lipinski definition) is 2. The third-order valence-corrected chi connectivity index (χ3v) is 5.16. The molecule has 0 aliphatic heterocycles. The summed E-state index contributed by atoms with van der Waals surface area (Å²) >= 11 is 7.98. The van der Waals surface area contributed by atoms with E-state index in [9.17, 15) is 5.21 Å². The van der Waals surface area contributed by atoms with Crippen molar-refractivity contribution in [1.82, 2.24) is 0 Å². The van der Waals surface area contributed by atoms with Crippen LogP contribution in [0, 0.1) is 13.8 Å². The number of nitrogens with one attached hydrogen (secondary N) is 1. The number of halogens is 1. The lowest BCUT2D eigenvalue weighted by molar-refractivity contribution is 0.319. The van der Waals surface area contributed by atoms with Crippen molar-refractivity contribution >= 4 is 40.0 Å². The van der Waals surface area contributed by atoms with Crippen LogP contribution in [0.2, 0.25) is 5.02 Å². The zero-order valence-corrected chi connectivity index (χ0v) is 14.9. The van der Waals surface area contributed by atoms with Crippen molar-refractivity contribution < 1.29 is 5.21 Å². The molecular weight excluding hydrogens is 340 g/mol. The summed E-state index contributed by atoms with van der Waals surface area (Å²) in [5, 5.41) is 18.8. The Hall–Kier alpha value is -2.30. The molecule has 24 heavy (non-hydrogen) atoms. The molecule has 1 aromatic heterocycles. The fourth-order valence-electron chi connectivity index (χ4n) is 2.49. The van der Waals surface area contributed by atoms with Gasteiger partial charge in [0.15, 0.2) is 0 Å². The number of rotatable bonds is 4. The molecule has 1 heterocycles. The molecule has 2 aromatic carbocycles. The van der Waals surface area contributed by atoms with E-state index < -0.39 is 0 Å². The summed E-state index contributed by atoms with van der Waals surface area (Å²) < 4.78 is 0. The summed E-state index contributed by atoms with van der Waals surface area (Å²) in [4.78, 5) is 0.916. The Bertz CT molecular complexity index is 902. The van der Waals surface area contributed by atoms with Crippen LogP contribution >= 0.6 is 22.9 Å². The molecule has 0 radical (unpaired) electrons. The van der Waals surface area contributed by atoms with Crippen LogP contribution in [-0.4, -0.2) is 10.9 Å². The van der Waals surface area contributed by atoms with Crippen LogP contribution in [0.25, 0.3) is 0 Å². The van der Waals surface area contributed by atoms with E-state index in [-0.39, 0.29) is 0 Å². The van der Waals surface area contributed by atoms with Gasteiger partial charge in [-0.1, -0.05) is 35.0 Å². The first-order valence-corrected chi connectivity index (χ1v) is 8.75. The number of para-hydroxylation sites is 1. The van der Waals surface area contributed by atoms with E-state index in [1.807, 2.05) is 54.8 Å². The van der Waals surface area contributed by atoms with Gasteiger partial charge in [-0.15, -0.1) is 11.3 Å². The first-order valence-electron chi connectivity index (χ1n) is 7.49. The fraction of sp³-hybridized carbons (Fsp3) is 0.105. The predicted molar refractivity (Wildman–Crippen MR) is 102 cm³/mol. The van der Waals surface area contributed by atoms with Gasteiger partial charge in [0.05, 0.1) is 9.90 Å². The Kier molecular flexibility index (Phi) is 4.88. The van der Waals surface area contributed by atoms with Gasteiger partial charge in [0, 0.05) is 16.9 Å². The van der Waals surface area contributed by atoms with Crippen LogP contribution in [0.5, 0.6) is 0 Å². The number of thiophene rings is 1. The molecule has 3 nitrogen and oxygen atoms in total. The SMILES string of the molecule is Cc1ccccc1Nc1ccc(C(=NO)c2sccc2C)c(Cl)c1. The summed E-state index contributed by atoms with van der Waals surface area (Å²) in [6.07, 6.45) is 0. The van der Waals surface area contributed by atoms with Crippen molar-refractivity contribution in [3.05, 3.63) is 80.5 Å². The highest BCUT2D eigenvalue weighted by Crippen LogP contribution is 2.29. The van der Waals surface area contributed by atoms with Crippen molar-refractivity contribution in [1.29, 1.82) is 0 Å². The molecule has 0 saturated carbocycles. The largest absolute Gasteiger partial charge is 0.410 e. The molecule has 0 spiro atoms. The maximum Gasteiger partial charge on any atom is 0.128 e. The predicted octanol–water partition coefficient (Wildman–Crippen LogP) is 5.99. The minimum absolute atomic E-state index is 0.495. The maximum atomic E-state index is 9.46. The Morgan fingerprint density at radius 3 is 2.50 bits per heavy atom.